The summed E-state index contributed by atoms with van der Waals surface area (Å²) in [5, 5.41) is 49.9. The van der Waals surface area contributed by atoms with Gasteiger partial charge in [0.05, 0.1) is 13.2 Å². The number of unbranched alkanes of at least 4 members (excludes halogenated alkanes) is 9. The summed E-state index contributed by atoms with van der Waals surface area (Å²) in [5.74, 6) is -0.562. The number of allylic oxidation sites excluding steroid dienone is 10. The van der Waals surface area contributed by atoms with Crippen LogP contribution in [0.5, 0.6) is 0 Å². The summed E-state index contributed by atoms with van der Waals surface area (Å²) < 4.78 is 33.9. The predicted molar refractivity (Wildman–Crippen MR) is 207 cm³/mol. The molecule has 1 aliphatic rings. The number of phosphoric ester groups is 1. The first-order chi connectivity index (χ1) is 25.5. The van der Waals surface area contributed by atoms with Crippen LogP contribution >= 0.6 is 7.82 Å². The van der Waals surface area contributed by atoms with E-state index < -0.39 is 63.1 Å². The summed E-state index contributed by atoms with van der Waals surface area (Å²) in [6, 6.07) is 0. The van der Waals surface area contributed by atoms with Crippen molar-refractivity contribution in [2.75, 3.05) is 19.8 Å². The molecular weight excluding hydrogens is 703 g/mol. The monoisotopic (exact) mass is 772 g/mol. The van der Waals surface area contributed by atoms with E-state index >= 15 is 0 Å². The molecule has 0 aliphatic heterocycles. The van der Waals surface area contributed by atoms with Gasteiger partial charge in [-0.1, -0.05) is 113 Å². The first kappa shape index (κ1) is 49.1. The van der Waals surface area contributed by atoms with Gasteiger partial charge < -0.3 is 39.9 Å². The van der Waals surface area contributed by atoms with Gasteiger partial charge in [0.1, 0.15) is 42.7 Å². The van der Waals surface area contributed by atoms with Gasteiger partial charge in [-0.05, 0) is 64.2 Å². The molecule has 0 aromatic carbocycles. The summed E-state index contributed by atoms with van der Waals surface area (Å²) >= 11 is 0. The fourth-order valence-electron chi connectivity index (χ4n) is 5.48. The van der Waals surface area contributed by atoms with Crippen LogP contribution < -0.4 is 0 Å². The minimum atomic E-state index is -5.03. The number of carbonyl (C=O) groups excluding carboxylic acids is 1. The molecule has 1 saturated carbocycles. The summed E-state index contributed by atoms with van der Waals surface area (Å²) in [6.45, 7) is 3.98. The third kappa shape index (κ3) is 24.2. The van der Waals surface area contributed by atoms with Crippen LogP contribution in [0.25, 0.3) is 0 Å². The van der Waals surface area contributed by atoms with Gasteiger partial charge in [0.15, 0.2) is 0 Å². The van der Waals surface area contributed by atoms with Gasteiger partial charge in [-0.15, -0.1) is 0 Å². The SMILES string of the molecule is CC/C=C\C/C=C\C/C=C\C/C=C\CCC(=O)OC(COCCCCCCCC/C=C\CCCCC)COP(=O)(O)OC1C(O)C(O)C(O)C(O)C1O. The van der Waals surface area contributed by atoms with E-state index in [1.807, 2.05) is 18.2 Å². The van der Waals surface area contributed by atoms with E-state index in [4.69, 9.17) is 18.5 Å². The normalized spacial score (nSPS) is 24.3. The van der Waals surface area contributed by atoms with E-state index in [1.54, 1.807) is 0 Å². The average molecular weight is 773 g/mol. The summed E-state index contributed by atoms with van der Waals surface area (Å²) in [6.07, 6.45) is 24.6. The molecule has 0 spiro atoms. The van der Waals surface area contributed by atoms with Gasteiger partial charge in [0.25, 0.3) is 0 Å². The van der Waals surface area contributed by atoms with Crippen LogP contribution in [0.15, 0.2) is 60.8 Å². The molecule has 12 nitrogen and oxygen atoms in total. The minimum Gasteiger partial charge on any atom is -0.457 e. The van der Waals surface area contributed by atoms with E-state index in [2.05, 4.69) is 56.4 Å². The third-order valence-electron chi connectivity index (χ3n) is 8.64. The van der Waals surface area contributed by atoms with Crippen molar-refractivity contribution in [2.45, 2.75) is 166 Å². The van der Waals surface area contributed by atoms with Gasteiger partial charge >= 0.3 is 13.8 Å². The Hall–Kier alpha value is -1.96. The number of aliphatic hydroxyl groups is 5. The average Bonchev–Trinajstić information content (AvgIpc) is 3.14. The van der Waals surface area contributed by atoms with Crippen molar-refractivity contribution in [3.63, 3.8) is 0 Å². The van der Waals surface area contributed by atoms with Gasteiger partial charge in [-0.3, -0.25) is 13.8 Å². The Kier molecular flexibility index (Phi) is 28.9. The van der Waals surface area contributed by atoms with Crippen molar-refractivity contribution in [3.8, 4) is 0 Å². The van der Waals surface area contributed by atoms with Crippen LogP contribution in [0.4, 0.5) is 0 Å². The highest BCUT2D eigenvalue weighted by Gasteiger charge is 2.51. The maximum atomic E-state index is 12.7. The van der Waals surface area contributed by atoms with Crippen molar-refractivity contribution in [1.82, 2.24) is 0 Å². The molecular formula is C40H69O12P. The summed E-state index contributed by atoms with van der Waals surface area (Å²) in [5.41, 5.74) is 0. The van der Waals surface area contributed by atoms with Crippen LogP contribution in [0.1, 0.15) is 123 Å². The lowest BCUT2D eigenvalue weighted by atomic mass is 9.85. The molecule has 6 atom stereocenters. The lowest BCUT2D eigenvalue weighted by Crippen LogP contribution is -2.64. The quantitative estimate of drug-likeness (QED) is 0.0190. The van der Waals surface area contributed by atoms with Crippen molar-refractivity contribution in [1.29, 1.82) is 0 Å². The van der Waals surface area contributed by atoms with Crippen LogP contribution in [0, 0.1) is 0 Å². The Bertz CT molecular complexity index is 1110. The molecule has 1 rings (SSSR count). The summed E-state index contributed by atoms with van der Waals surface area (Å²) in [7, 11) is -5.03. The molecule has 0 aromatic heterocycles. The van der Waals surface area contributed by atoms with Crippen molar-refractivity contribution in [3.05, 3.63) is 60.8 Å². The lowest BCUT2D eigenvalue weighted by molar-refractivity contribution is -0.220. The largest absolute Gasteiger partial charge is 0.472 e. The Balaban J connectivity index is 2.54. The Labute approximate surface area is 317 Å². The maximum absolute atomic E-state index is 12.7. The van der Waals surface area contributed by atoms with Gasteiger partial charge in [0, 0.05) is 13.0 Å². The second kappa shape index (κ2) is 31.3. The minimum absolute atomic E-state index is 0.0607. The molecule has 53 heavy (non-hydrogen) atoms. The molecule has 306 valence electrons. The molecule has 6 unspecified atom stereocenters. The number of ether oxygens (including phenoxy) is 2. The van der Waals surface area contributed by atoms with E-state index in [0.717, 1.165) is 64.2 Å². The number of phosphoric acid groups is 1. The predicted octanol–water partition coefficient (Wildman–Crippen LogP) is 6.69. The fraction of sp³-hybridized carbons (Fsp3) is 0.725. The zero-order valence-electron chi connectivity index (χ0n) is 32.0. The number of rotatable bonds is 31. The molecule has 13 heteroatoms. The van der Waals surface area contributed by atoms with Gasteiger partial charge in [-0.2, -0.15) is 0 Å². The lowest BCUT2D eigenvalue weighted by Gasteiger charge is -2.41. The Morgan fingerprint density at radius 2 is 1.11 bits per heavy atom. The van der Waals surface area contributed by atoms with E-state index in [-0.39, 0.29) is 13.0 Å². The first-order valence-corrected chi connectivity index (χ1v) is 21.1. The molecule has 1 fully saturated rings. The number of carbonyl (C=O) groups is 1. The van der Waals surface area contributed by atoms with Crippen LogP contribution in [-0.2, 0) is 27.9 Å². The fourth-order valence-corrected chi connectivity index (χ4v) is 6.45. The molecule has 0 bridgehead atoms. The molecule has 0 aromatic rings. The first-order valence-electron chi connectivity index (χ1n) is 19.6. The number of hydrogen-bond acceptors (Lipinski definition) is 11. The molecule has 0 amide bonds. The van der Waals surface area contributed by atoms with Crippen molar-refractivity contribution < 1.29 is 58.3 Å². The number of aliphatic hydroxyl groups excluding tert-OH is 5. The molecule has 0 heterocycles. The highest BCUT2D eigenvalue weighted by molar-refractivity contribution is 7.47. The maximum Gasteiger partial charge on any atom is 0.472 e. The molecule has 1 aliphatic carbocycles. The van der Waals surface area contributed by atoms with Gasteiger partial charge in [0.2, 0.25) is 0 Å². The number of hydrogen-bond donors (Lipinski definition) is 6. The van der Waals surface area contributed by atoms with Crippen LogP contribution in [0.2, 0.25) is 0 Å². The number of esters is 1. The smallest absolute Gasteiger partial charge is 0.457 e. The Morgan fingerprint density at radius 1 is 0.623 bits per heavy atom. The standard InChI is InChI=1S/C40H69O12P/c1-3-5-7-9-11-13-15-17-19-21-23-25-27-29-34(41)51-33(31-49-30-28-26-24-22-20-18-16-14-12-10-8-6-4-2)32-50-53(47,48)52-40-38(45)36(43)35(42)37(44)39(40)46/h5,7,11-14,17,19,23,25,33,35-40,42-46H,3-4,6,8-10,15-16,18,20-22,24,26-32H2,1-2H3,(H,47,48)/b7-5-,13-11-,14-12-,19-17-,25-23-. The third-order valence-corrected chi connectivity index (χ3v) is 9.62. The zero-order chi connectivity index (χ0) is 39.2. The van der Waals surface area contributed by atoms with Crippen molar-refractivity contribution >= 4 is 13.8 Å². The second-order valence-corrected chi connectivity index (χ2v) is 14.8. The topological polar surface area (TPSA) is 192 Å². The van der Waals surface area contributed by atoms with E-state index in [0.29, 0.717) is 13.0 Å². The molecule has 0 radical (unpaired) electrons. The second-order valence-electron chi connectivity index (χ2n) is 13.4. The highest BCUT2D eigenvalue weighted by Crippen LogP contribution is 2.47. The molecule has 0 saturated heterocycles. The molecule has 6 N–H and O–H groups in total. The van der Waals surface area contributed by atoms with Crippen LogP contribution in [-0.4, -0.2) is 98.9 Å². The van der Waals surface area contributed by atoms with Crippen molar-refractivity contribution in [2.24, 2.45) is 0 Å². The zero-order valence-corrected chi connectivity index (χ0v) is 32.9. The van der Waals surface area contributed by atoms with E-state index in [9.17, 15) is 39.8 Å². The van der Waals surface area contributed by atoms with Gasteiger partial charge in [-0.25, -0.2) is 4.57 Å². The van der Waals surface area contributed by atoms with E-state index in [1.165, 1.54) is 32.1 Å². The van der Waals surface area contributed by atoms with Crippen LogP contribution in [0.3, 0.4) is 0 Å². The highest BCUT2D eigenvalue weighted by atomic mass is 31.2. The Morgan fingerprint density at radius 3 is 1.70 bits per heavy atom. The summed E-state index contributed by atoms with van der Waals surface area (Å²) in [4.78, 5) is 23.0.